The molecule has 1 heterocycles. The quantitative estimate of drug-likeness (QED) is 0.329. The van der Waals surface area contributed by atoms with Crippen LogP contribution < -0.4 is 0 Å². The summed E-state index contributed by atoms with van der Waals surface area (Å²) in [5.41, 5.74) is 2.27. The number of hydrogen-bond acceptors (Lipinski definition) is 6. The Morgan fingerprint density at radius 3 is 1.86 bits per heavy atom. The lowest BCUT2D eigenvalue weighted by molar-refractivity contribution is -0.173. The number of hydrogen-bond donors (Lipinski definition) is 1. The first-order chi connectivity index (χ1) is 17.7. The molecule has 7 heteroatoms. The van der Waals surface area contributed by atoms with Crippen LogP contribution in [0.3, 0.4) is 0 Å². The van der Waals surface area contributed by atoms with Crippen molar-refractivity contribution < 1.29 is 19.0 Å². The van der Waals surface area contributed by atoms with Gasteiger partial charge in [-0.2, -0.15) is 0 Å². The number of ether oxygens (including phenoxy) is 2. The third-order valence-corrected chi connectivity index (χ3v) is 16.3. The maximum Gasteiger partial charge on any atom is 0.192 e. The lowest BCUT2D eigenvalue weighted by atomic mass is 9.81. The predicted octanol–water partition coefficient (Wildman–Crippen LogP) is 7.13. The van der Waals surface area contributed by atoms with Crippen molar-refractivity contribution in [3.8, 4) is 0 Å². The van der Waals surface area contributed by atoms with Crippen LogP contribution in [0.25, 0.3) is 0 Å². The van der Waals surface area contributed by atoms with E-state index in [0.29, 0.717) is 13.2 Å². The Hall–Kier alpha value is -0.803. The Kier molecular flexibility index (Phi) is 9.92. The lowest BCUT2D eigenvalue weighted by Crippen LogP contribution is -2.62. The summed E-state index contributed by atoms with van der Waals surface area (Å²) in [5.74, 6) is 2.18. The van der Waals surface area contributed by atoms with Gasteiger partial charge in [-0.15, -0.1) is 23.5 Å². The van der Waals surface area contributed by atoms with Gasteiger partial charge in [-0.25, -0.2) is 0 Å². The highest BCUT2D eigenvalue weighted by Gasteiger charge is 2.57. The molecule has 2 fully saturated rings. The normalized spacial score (nSPS) is 26.3. The van der Waals surface area contributed by atoms with E-state index in [-0.39, 0.29) is 40.0 Å². The van der Waals surface area contributed by atoms with Gasteiger partial charge >= 0.3 is 0 Å². The van der Waals surface area contributed by atoms with Crippen LogP contribution in [0, 0.1) is 5.92 Å². The average Bonchev–Trinajstić information content (AvgIpc) is 2.88. The molecular weight excluding hydrogens is 517 g/mol. The van der Waals surface area contributed by atoms with Crippen LogP contribution in [0.4, 0.5) is 0 Å². The first kappa shape index (κ1) is 29.2. The van der Waals surface area contributed by atoms with E-state index in [4.69, 9.17) is 13.9 Å². The molecule has 0 bridgehead atoms. The van der Waals surface area contributed by atoms with Crippen molar-refractivity contribution in [2.75, 3.05) is 18.1 Å². The van der Waals surface area contributed by atoms with Crippen molar-refractivity contribution in [3.05, 3.63) is 71.8 Å². The molecule has 1 aliphatic heterocycles. The molecule has 37 heavy (non-hydrogen) atoms. The number of thioether (sulfide) groups is 2. The molecule has 4 nitrogen and oxygen atoms in total. The van der Waals surface area contributed by atoms with Crippen molar-refractivity contribution in [3.63, 3.8) is 0 Å². The van der Waals surface area contributed by atoms with Crippen molar-refractivity contribution >= 4 is 31.8 Å². The Morgan fingerprint density at radius 2 is 1.38 bits per heavy atom. The summed E-state index contributed by atoms with van der Waals surface area (Å²) in [7, 11) is -2.09. The maximum atomic E-state index is 10.8. The molecule has 0 radical (unpaired) electrons. The van der Waals surface area contributed by atoms with Gasteiger partial charge in [0.25, 0.3) is 0 Å². The monoisotopic (exact) mass is 560 g/mol. The molecule has 1 saturated carbocycles. The molecule has 1 spiro atoms. The Bertz CT molecular complexity index is 961. The summed E-state index contributed by atoms with van der Waals surface area (Å²) in [6, 6.07) is 20.6. The highest BCUT2D eigenvalue weighted by molar-refractivity contribution is 8.18. The molecule has 2 aliphatic rings. The number of aliphatic hydroxyl groups is 1. The minimum Gasteiger partial charge on any atom is -0.411 e. The topological polar surface area (TPSA) is 47.9 Å². The minimum atomic E-state index is -2.09. The summed E-state index contributed by atoms with van der Waals surface area (Å²) in [6.07, 6.45) is 1.45. The van der Waals surface area contributed by atoms with Gasteiger partial charge in [-0.3, -0.25) is 0 Å². The van der Waals surface area contributed by atoms with Crippen molar-refractivity contribution in [1.29, 1.82) is 0 Å². The van der Waals surface area contributed by atoms with Gasteiger partial charge in [0.05, 0.1) is 36.1 Å². The van der Waals surface area contributed by atoms with Crippen molar-refractivity contribution in [2.45, 2.75) is 87.3 Å². The first-order valence-electron chi connectivity index (χ1n) is 13.5. The fourth-order valence-electron chi connectivity index (χ4n) is 5.01. The molecule has 2 aromatic carbocycles. The molecule has 0 unspecified atom stereocenters. The summed E-state index contributed by atoms with van der Waals surface area (Å²) in [4.78, 5) is 0. The zero-order chi connectivity index (χ0) is 26.5. The zero-order valence-electron chi connectivity index (χ0n) is 23.0. The fourth-order valence-corrected chi connectivity index (χ4v) is 10.0. The minimum absolute atomic E-state index is 0.0356. The van der Waals surface area contributed by atoms with Gasteiger partial charge in [0.15, 0.2) is 8.32 Å². The summed E-state index contributed by atoms with van der Waals surface area (Å²) < 4.78 is 20.5. The molecule has 4 atom stereocenters. The molecule has 1 saturated heterocycles. The van der Waals surface area contributed by atoms with E-state index in [1.54, 1.807) is 0 Å². The number of aliphatic hydroxyl groups excluding tert-OH is 1. The maximum absolute atomic E-state index is 10.8. The van der Waals surface area contributed by atoms with Crippen LogP contribution in [0.5, 0.6) is 0 Å². The van der Waals surface area contributed by atoms with Gasteiger partial charge in [-0.05, 0) is 53.6 Å². The third-order valence-electron chi connectivity index (χ3n) is 8.14. The molecule has 0 amide bonds. The third kappa shape index (κ3) is 7.05. The van der Waals surface area contributed by atoms with Gasteiger partial charge in [0.2, 0.25) is 0 Å². The molecule has 4 rings (SSSR count). The van der Waals surface area contributed by atoms with Crippen LogP contribution in [-0.2, 0) is 27.1 Å². The SMILES string of the molecule is CC(C)(C)[Si](C)(C)O[C@H]1CC2(SCCCS2)[C@H](CO)[C@@H](OCc2ccccc2)[C@@H]1OCc1ccccc1. The van der Waals surface area contributed by atoms with E-state index in [9.17, 15) is 5.11 Å². The molecule has 2 aromatic rings. The van der Waals surface area contributed by atoms with E-state index in [0.717, 1.165) is 29.1 Å². The fraction of sp³-hybridized carbons (Fsp3) is 0.600. The van der Waals surface area contributed by atoms with E-state index < -0.39 is 8.32 Å². The van der Waals surface area contributed by atoms with Gasteiger partial charge < -0.3 is 19.0 Å². The van der Waals surface area contributed by atoms with Gasteiger partial charge in [0, 0.05) is 5.92 Å². The second-order valence-electron chi connectivity index (χ2n) is 11.8. The van der Waals surface area contributed by atoms with E-state index >= 15 is 0 Å². The number of rotatable bonds is 9. The van der Waals surface area contributed by atoms with Crippen molar-refractivity contribution in [2.24, 2.45) is 5.92 Å². The van der Waals surface area contributed by atoms with Crippen LogP contribution in [-0.4, -0.2) is 53.9 Å². The van der Waals surface area contributed by atoms with Crippen LogP contribution >= 0.6 is 23.5 Å². The first-order valence-corrected chi connectivity index (χ1v) is 18.4. The molecule has 1 aliphatic carbocycles. The Balaban J connectivity index is 1.69. The van der Waals surface area contributed by atoms with E-state index in [1.807, 2.05) is 59.9 Å². The Morgan fingerprint density at radius 1 is 0.865 bits per heavy atom. The van der Waals surface area contributed by atoms with E-state index in [1.165, 1.54) is 6.42 Å². The summed E-state index contributed by atoms with van der Waals surface area (Å²) in [5, 5.41) is 10.9. The molecule has 1 N–H and O–H groups in total. The highest BCUT2D eigenvalue weighted by Crippen LogP contribution is 2.57. The Labute approximate surface area is 233 Å². The standard InChI is InChI=1S/C30H44O4S2Si/c1-29(2,3)37(4,5)34-26-19-30(35-17-12-18-36-30)25(20-31)27(32-21-23-13-8-6-9-14-23)28(26)33-22-24-15-10-7-11-16-24/h6-11,13-16,25-28,31H,12,17-22H2,1-5H3/t25-,26+,27-,28-/m1/s1. The molecular formula is C30H44O4S2Si. The van der Waals surface area contributed by atoms with Crippen molar-refractivity contribution in [1.82, 2.24) is 0 Å². The second kappa shape index (κ2) is 12.6. The summed E-state index contributed by atoms with van der Waals surface area (Å²) >= 11 is 4.00. The van der Waals surface area contributed by atoms with Gasteiger partial charge in [-0.1, -0.05) is 81.4 Å². The molecule has 204 valence electrons. The van der Waals surface area contributed by atoms with Crippen LogP contribution in [0.1, 0.15) is 44.7 Å². The number of benzene rings is 2. The second-order valence-corrected chi connectivity index (χ2v) is 19.7. The van der Waals surface area contributed by atoms with Gasteiger partial charge in [0.1, 0.15) is 6.10 Å². The average molecular weight is 561 g/mol. The van der Waals surface area contributed by atoms with Crippen LogP contribution in [0.15, 0.2) is 60.7 Å². The highest BCUT2D eigenvalue weighted by atomic mass is 32.2. The zero-order valence-corrected chi connectivity index (χ0v) is 25.7. The molecule has 0 aromatic heterocycles. The largest absolute Gasteiger partial charge is 0.411 e. The summed E-state index contributed by atoms with van der Waals surface area (Å²) in [6.45, 7) is 12.6. The lowest BCUT2D eigenvalue weighted by Gasteiger charge is -2.55. The van der Waals surface area contributed by atoms with Crippen LogP contribution in [0.2, 0.25) is 18.1 Å². The predicted molar refractivity (Wildman–Crippen MR) is 160 cm³/mol. The van der Waals surface area contributed by atoms with E-state index in [2.05, 4.69) is 58.1 Å². The smallest absolute Gasteiger partial charge is 0.192 e.